The summed E-state index contributed by atoms with van der Waals surface area (Å²) >= 11 is 0. The highest BCUT2D eigenvalue weighted by Gasteiger charge is 1.94. The average Bonchev–Trinajstić information content (AvgIpc) is 2.40. The molecule has 0 atom stereocenters. The zero-order valence-electron chi connectivity index (χ0n) is 11.3. The minimum Gasteiger partial charge on any atom is -0.494 e. The van der Waals surface area contributed by atoms with Gasteiger partial charge in [-0.3, -0.25) is 0 Å². The third-order valence-electron chi connectivity index (χ3n) is 2.54. The van der Waals surface area contributed by atoms with E-state index in [0.717, 1.165) is 24.3 Å². The molecule has 0 aromatic heterocycles. The molecule has 0 fully saturated rings. The molecule has 0 heterocycles. The fourth-order valence-corrected chi connectivity index (χ4v) is 1.54. The second-order valence-corrected chi connectivity index (χ2v) is 4.21. The Labute approximate surface area is 113 Å². The number of nitrogens with two attached hydrogens (primary N) is 1. The summed E-state index contributed by atoms with van der Waals surface area (Å²) in [5.74, 6) is 0.844. The van der Waals surface area contributed by atoms with E-state index in [9.17, 15) is 4.79 Å². The maximum absolute atomic E-state index is 10.4. The number of primary amides is 1. The molecule has 1 aromatic carbocycles. The third kappa shape index (κ3) is 7.08. The Morgan fingerprint density at radius 2 is 2.05 bits per heavy atom. The summed E-state index contributed by atoms with van der Waals surface area (Å²) in [5.41, 5.74) is 7.89. The molecule has 0 aliphatic heterocycles. The van der Waals surface area contributed by atoms with Crippen LogP contribution in [0.5, 0.6) is 5.75 Å². The van der Waals surface area contributed by atoms with Crippen LogP contribution < -0.4 is 15.9 Å². The SMILES string of the molecule is CCCCCCOc1ccc(C=NNC(N)=O)cc1. The molecule has 0 unspecified atom stereocenters. The molecule has 0 saturated carbocycles. The van der Waals surface area contributed by atoms with Crippen molar-refractivity contribution < 1.29 is 9.53 Å². The van der Waals surface area contributed by atoms with Crippen LogP contribution in [0.15, 0.2) is 29.4 Å². The van der Waals surface area contributed by atoms with Gasteiger partial charge in [-0.05, 0) is 36.2 Å². The van der Waals surface area contributed by atoms with Crippen molar-refractivity contribution >= 4 is 12.2 Å². The number of urea groups is 1. The Morgan fingerprint density at radius 1 is 1.32 bits per heavy atom. The van der Waals surface area contributed by atoms with E-state index in [1.807, 2.05) is 24.3 Å². The standard InChI is InChI=1S/C14H21N3O2/c1-2-3-4-5-10-19-13-8-6-12(7-9-13)11-16-17-14(15)18/h6-9,11H,2-5,10H2,1H3,(H3,15,17,18). The number of hydrazone groups is 1. The second-order valence-electron chi connectivity index (χ2n) is 4.21. The van der Waals surface area contributed by atoms with Gasteiger partial charge in [-0.2, -0.15) is 5.10 Å². The zero-order valence-corrected chi connectivity index (χ0v) is 11.3. The first kappa shape index (κ1) is 15.0. The van der Waals surface area contributed by atoms with Crippen LogP contribution in [-0.4, -0.2) is 18.9 Å². The summed E-state index contributed by atoms with van der Waals surface area (Å²) in [6.45, 7) is 2.94. The molecule has 2 amide bonds. The molecule has 0 saturated heterocycles. The number of rotatable bonds is 8. The molecule has 104 valence electrons. The van der Waals surface area contributed by atoms with Gasteiger partial charge in [0, 0.05) is 0 Å². The van der Waals surface area contributed by atoms with Gasteiger partial charge in [-0.15, -0.1) is 0 Å². The Balaban J connectivity index is 2.31. The molecule has 0 bridgehead atoms. The molecule has 0 aliphatic rings. The lowest BCUT2D eigenvalue weighted by Gasteiger charge is -2.05. The van der Waals surface area contributed by atoms with Crippen LogP contribution >= 0.6 is 0 Å². The lowest BCUT2D eigenvalue weighted by molar-refractivity contribution is 0.249. The fourth-order valence-electron chi connectivity index (χ4n) is 1.54. The van der Waals surface area contributed by atoms with Crippen molar-refractivity contribution in [1.29, 1.82) is 0 Å². The number of ether oxygens (including phenoxy) is 1. The Hall–Kier alpha value is -2.04. The maximum Gasteiger partial charge on any atom is 0.332 e. The van der Waals surface area contributed by atoms with Gasteiger partial charge in [0.25, 0.3) is 0 Å². The maximum atomic E-state index is 10.4. The van der Waals surface area contributed by atoms with Gasteiger partial charge in [0.05, 0.1) is 12.8 Å². The quantitative estimate of drug-likeness (QED) is 0.429. The number of unbranched alkanes of at least 4 members (excludes halogenated alkanes) is 3. The number of nitrogens with zero attached hydrogens (tertiary/aromatic N) is 1. The van der Waals surface area contributed by atoms with Crippen molar-refractivity contribution in [3.8, 4) is 5.75 Å². The Kier molecular flexibility index (Phi) is 7.09. The van der Waals surface area contributed by atoms with Crippen LogP contribution in [0.1, 0.15) is 38.2 Å². The van der Waals surface area contributed by atoms with Gasteiger partial charge in [-0.1, -0.05) is 26.2 Å². The second kappa shape index (κ2) is 8.97. The Morgan fingerprint density at radius 3 is 2.68 bits per heavy atom. The van der Waals surface area contributed by atoms with Crippen LogP contribution in [0.3, 0.4) is 0 Å². The normalized spacial score (nSPS) is 10.6. The molecule has 5 nitrogen and oxygen atoms in total. The first-order valence-electron chi connectivity index (χ1n) is 6.53. The van der Waals surface area contributed by atoms with Crippen molar-refractivity contribution in [2.75, 3.05) is 6.61 Å². The summed E-state index contributed by atoms with van der Waals surface area (Å²) < 4.78 is 5.62. The van der Waals surface area contributed by atoms with Gasteiger partial charge in [0.15, 0.2) is 0 Å². The third-order valence-corrected chi connectivity index (χ3v) is 2.54. The minimum atomic E-state index is -0.678. The molecule has 0 spiro atoms. The summed E-state index contributed by atoms with van der Waals surface area (Å²) in [5, 5.41) is 3.68. The number of hydrogen-bond donors (Lipinski definition) is 2. The van der Waals surface area contributed by atoms with Crippen molar-refractivity contribution in [3.05, 3.63) is 29.8 Å². The van der Waals surface area contributed by atoms with E-state index in [1.165, 1.54) is 25.5 Å². The molecule has 0 aliphatic carbocycles. The van der Waals surface area contributed by atoms with Crippen LogP contribution in [0.25, 0.3) is 0 Å². The van der Waals surface area contributed by atoms with E-state index >= 15 is 0 Å². The highest BCUT2D eigenvalue weighted by molar-refractivity contribution is 5.81. The summed E-state index contributed by atoms with van der Waals surface area (Å²) in [4.78, 5) is 10.4. The minimum absolute atomic E-state index is 0.678. The molecular formula is C14H21N3O2. The van der Waals surface area contributed by atoms with E-state index in [1.54, 1.807) is 0 Å². The topological polar surface area (TPSA) is 76.7 Å². The zero-order chi connectivity index (χ0) is 13.9. The molecule has 3 N–H and O–H groups in total. The number of amides is 2. The summed E-state index contributed by atoms with van der Waals surface area (Å²) in [6.07, 6.45) is 6.30. The summed E-state index contributed by atoms with van der Waals surface area (Å²) in [6, 6.07) is 6.82. The van der Waals surface area contributed by atoms with E-state index < -0.39 is 6.03 Å². The van der Waals surface area contributed by atoms with E-state index in [0.29, 0.717) is 0 Å². The lowest BCUT2D eigenvalue weighted by atomic mass is 10.2. The highest BCUT2D eigenvalue weighted by Crippen LogP contribution is 2.12. The predicted molar refractivity (Wildman–Crippen MR) is 76.4 cm³/mol. The van der Waals surface area contributed by atoms with Crippen molar-refractivity contribution in [1.82, 2.24) is 5.43 Å². The van der Waals surface area contributed by atoms with Crippen LogP contribution in [-0.2, 0) is 0 Å². The molecule has 1 rings (SSSR count). The van der Waals surface area contributed by atoms with Gasteiger partial charge in [0.1, 0.15) is 5.75 Å². The lowest BCUT2D eigenvalue weighted by Crippen LogP contribution is -2.24. The van der Waals surface area contributed by atoms with E-state index in [2.05, 4.69) is 17.5 Å². The van der Waals surface area contributed by atoms with E-state index in [4.69, 9.17) is 10.5 Å². The number of carbonyl (C=O) groups is 1. The largest absolute Gasteiger partial charge is 0.494 e. The number of carbonyl (C=O) groups excluding carboxylic acids is 1. The first-order chi connectivity index (χ1) is 9.22. The van der Waals surface area contributed by atoms with Crippen molar-refractivity contribution in [2.45, 2.75) is 32.6 Å². The molecular weight excluding hydrogens is 242 g/mol. The van der Waals surface area contributed by atoms with Gasteiger partial charge >= 0.3 is 6.03 Å². The number of benzene rings is 1. The van der Waals surface area contributed by atoms with Crippen LogP contribution in [0.2, 0.25) is 0 Å². The van der Waals surface area contributed by atoms with Crippen molar-refractivity contribution in [2.24, 2.45) is 10.8 Å². The molecule has 1 aromatic rings. The van der Waals surface area contributed by atoms with Gasteiger partial charge in [-0.25, -0.2) is 10.2 Å². The Bertz CT molecular complexity index is 402. The molecule has 19 heavy (non-hydrogen) atoms. The average molecular weight is 263 g/mol. The number of nitrogens with one attached hydrogen (secondary N) is 1. The predicted octanol–water partition coefficient (Wildman–Crippen LogP) is 2.65. The molecule has 5 heteroatoms. The summed E-state index contributed by atoms with van der Waals surface area (Å²) in [7, 11) is 0. The van der Waals surface area contributed by atoms with E-state index in [-0.39, 0.29) is 0 Å². The van der Waals surface area contributed by atoms with Crippen LogP contribution in [0.4, 0.5) is 4.79 Å². The first-order valence-corrected chi connectivity index (χ1v) is 6.53. The smallest absolute Gasteiger partial charge is 0.332 e. The highest BCUT2D eigenvalue weighted by atomic mass is 16.5. The van der Waals surface area contributed by atoms with Crippen molar-refractivity contribution in [3.63, 3.8) is 0 Å². The van der Waals surface area contributed by atoms with Crippen LogP contribution in [0, 0.1) is 0 Å². The fraction of sp³-hybridized carbons (Fsp3) is 0.429. The number of hydrogen-bond acceptors (Lipinski definition) is 3. The monoisotopic (exact) mass is 263 g/mol. The molecule has 0 radical (unpaired) electrons. The van der Waals surface area contributed by atoms with Gasteiger partial charge in [0.2, 0.25) is 0 Å². The van der Waals surface area contributed by atoms with Gasteiger partial charge < -0.3 is 10.5 Å².